The number of fused-ring (bicyclic) bond motifs is 1. The molecule has 176 valence electrons. The van der Waals surface area contributed by atoms with E-state index in [1.807, 2.05) is 5.38 Å². The molecule has 3 aromatic carbocycles. The third kappa shape index (κ3) is 4.82. The first-order chi connectivity index (χ1) is 17.0. The lowest BCUT2D eigenvalue weighted by Gasteiger charge is -2.12. The Morgan fingerprint density at radius 2 is 1.97 bits per heavy atom. The number of carbonyl (C=O) groups excluding carboxylic acids is 1. The minimum Gasteiger partial charge on any atom is -0.493 e. The topological polar surface area (TPSA) is 89.1 Å². The molecular weight excluding hydrogens is 474 g/mol. The van der Waals surface area contributed by atoms with Gasteiger partial charge in [0, 0.05) is 16.6 Å². The van der Waals surface area contributed by atoms with Gasteiger partial charge in [-0.3, -0.25) is 4.79 Å². The van der Waals surface area contributed by atoms with Crippen LogP contribution in [0.2, 0.25) is 0 Å². The van der Waals surface area contributed by atoms with Crippen molar-refractivity contribution < 1.29 is 23.0 Å². The van der Waals surface area contributed by atoms with Crippen molar-refractivity contribution in [1.29, 1.82) is 0 Å². The van der Waals surface area contributed by atoms with Gasteiger partial charge in [0.2, 0.25) is 0 Å². The number of thiazole rings is 1. The van der Waals surface area contributed by atoms with Crippen molar-refractivity contribution in [2.45, 2.75) is 6.61 Å². The number of halogens is 2. The van der Waals surface area contributed by atoms with Gasteiger partial charge >= 0.3 is 0 Å². The predicted molar refractivity (Wildman–Crippen MR) is 129 cm³/mol. The van der Waals surface area contributed by atoms with Gasteiger partial charge in [-0.15, -0.1) is 11.3 Å². The molecule has 0 aliphatic carbocycles. The summed E-state index contributed by atoms with van der Waals surface area (Å²) < 4.78 is 38.8. The van der Waals surface area contributed by atoms with E-state index < -0.39 is 11.6 Å². The minimum atomic E-state index is -0.591. The van der Waals surface area contributed by atoms with Gasteiger partial charge in [-0.05, 0) is 54.6 Å². The Labute approximate surface area is 202 Å². The summed E-state index contributed by atoms with van der Waals surface area (Å²) in [6.07, 6.45) is 0. The average Bonchev–Trinajstić information content (AvgIpc) is 3.53. The number of aromatic nitrogens is 3. The Hall–Kier alpha value is -4.31. The number of aromatic amines is 1. The molecular formula is C25H18F2N4O3S. The maximum atomic E-state index is 14.1. The Kier molecular flexibility index (Phi) is 6.11. The van der Waals surface area contributed by atoms with Crippen LogP contribution in [-0.4, -0.2) is 28.0 Å². The zero-order valence-corrected chi connectivity index (χ0v) is 19.2. The average molecular weight is 493 g/mol. The summed E-state index contributed by atoms with van der Waals surface area (Å²) in [5, 5.41) is 4.71. The highest BCUT2D eigenvalue weighted by molar-refractivity contribution is 7.07. The molecule has 1 amide bonds. The van der Waals surface area contributed by atoms with Crippen LogP contribution in [0.4, 0.5) is 14.5 Å². The second kappa shape index (κ2) is 9.51. The molecule has 0 aliphatic rings. The zero-order valence-electron chi connectivity index (χ0n) is 18.3. The molecule has 0 saturated carbocycles. The van der Waals surface area contributed by atoms with E-state index in [1.165, 1.54) is 18.4 Å². The fourth-order valence-corrected chi connectivity index (χ4v) is 4.03. The first-order valence-electron chi connectivity index (χ1n) is 10.4. The summed E-state index contributed by atoms with van der Waals surface area (Å²) >= 11 is 1.48. The molecule has 0 aliphatic heterocycles. The molecule has 5 rings (SSSR count). The lowest BCUT2D eigenvalue weighted by molar-refractivity contribution is 0.102. The fraction of sp³-hybridized carbons (Fsp3) is 0.0800. The Balaban J connectivity index is 1.33. The number of anilines is 1. The number of nitrogens with one attached hydrogen (secondary N) is 2. The lowest BCUT2D eigenvalue weighted by atomic mass is 10.1. The minimum absolute atomic E-state index is 0.0240. The molecule has 0 bridgehead atoms. The van der Waals surface area contributed by atoms with Gasteiger partial charge in [0.15, 0.2) is 11.5 Å². The molecule has 0 fully saturated rings. The Morgan fingerprint density at radius 1 is 1.09 bits per heavy atom. The van der Waals surface area contributed by atoms with Gasteiger partial charge in [0.25, 0.3) is 5.91 Å². The van der Waals surface area contributed by atoms with Crippen LogP contribution in [-0.2, 0) is 6.61 Å². The fourth-order valence-electron chi connectivity index (χ4n) is 3.49. The summed E-state index contributed by atoms with van der Waals surface area (Å²) in [5.41, 5.74) is 4.53. The maximum absolute atomic E-state index is 14.1. The molecule has 0 saturated heterocycles. The summed E-state index contributed by atoms with van der Waals surface area (Å²) in [6, 6.07) is 13.1. The van der Waals surface area contributed by atoms with E-state index in [0.717, 1.165) is 23.9 Å². The number of rotatable bonds is 7. The van der Waals surface area contributed by atoms with E-state index in [-0.39, 0.29) is 23.9 Å². The van der Waals surface area contributed by atoms with Crippen molar-refractivity contribution in [2.24, 2.45) is 0 Å². The molecule has 0 unspecified atom stereocenters. The summed E-state index contributed by atoms with van der Waals surface area (Å²) in [4.78, 5) is 24.3. The van der Waals surface area contributed by atoms with Crippen molar-refractivity contribution in [2.75, 3.05) is 12.4 Å². The third-order valence-corrected chi connectivity index (χ3v) is 5.84. The second-order valence-electron chi connectivity index (χ2n) is 7.53. The second-order valence-corrected chi connectivity index (χ2v) is 8.25. The number of benzene rings is 3. The smallest absolute Gasteiger partial charge is 0.255 e. The van der Waals surface area contributed by atoms with E-state index in [1.54, 1.807) is 41.9 Å². The first-order valence-corrected chi connectivity index (χ1v) is 11.4. The molecule has 2 aromatic heterocycles. The van der Waals surface area contributed by atoms with E-state index in [2.05, 4.69) is 20.3 Å². The van der Waals surface area contributed by atoms with Gasteiger partial charge in [-0.25, -0.2) is 18.7 Å². The molecule has 10 heteroatoms. The van der Waals surface area contributed by atoms with Gasteiger partial charge < -0.3 is 19.8 Å². The largest absolute Gasteiger partial charge is 0.493 e. The number of amides is 1. The number of carbonyl (C=O) groups is 1. The summed E-state index contributed by atoms with van der Waals surface area (Å²) in [5.74, 6) is -0.411. The highest BCUT2D eigenvalue weighted by Gasteiger charge is 2.14. The van der Waals surface area contributed by atoms with Gasteiger partial charge in [0.05, 0.1) is 34.9 Å². The number of hydrogen-bond acceptors (Lipinski definition) is 6. The van der Waals surface area contributed by atoms with E-state index in [0.29, 0.717) is 33.8 Å². The van der Waals surface area contributed by atoms with Crippen LogP contribution in [0.3, 0.4) is 0 Å². The van der Waals surface area contributed by atoms with Gasteiger partial charge in [-0.2, -0.15) is 0 Å². The van der Waals surface area contributed by atoms with E-state index >= 15 is 0 Å². The number of nitrogens with zero attached hydrogens (tertiary/aromatic N) is 2. The molecule has 35 heavy (non-hydrogen) atoms. The van der Waals surface area contributed by atoms with Crippen LogP contribution in [0.15, 0.2) is 65.5 Å². The normalized spacial score (nSPS) is 10.9. The molecule has 0 atom stereocenters. The molecule has 2 heterocycles. The number of ether oxygens (including phenoxy) is 2. The van der Waals surface area contributed by atoms with Crippen LogP contribution >= 0.6 is 11.3 Å². The van der Waals surface area contributed by atoms with E-state index in [4.69, 9.17) is 9.47 Å². The number of hydrogen-bond donors (Lipinski definition) is 2. The SMILES string of the molecule is COc1cc(C(=O)Nc2ccc3nc(-c4cc(F)ccc4F)[nH]c3c2)ccc1OCc1cscn1. The van der Waals surface area contributed by atoms with Crippen LogP contribution in [0.5, 0.6) is 11.5 Å². The molecule has 5 aromatic rings. The number of imidazole rings is 1. The molecule has 7 nitrogen and oxygen atoms in total. The first kappa shape index (κ1) is 22.5. The predicted octanol–water partition coefficient (Wildman–Crippen LogP) is 5.80. The molecule has 2 N–H and O–H groups in total. The van der Waals surface area contributed by atoms with Crippen molar-refractivity contribution in [3.63, 3.8) is 0 Å². The van der Waals surface area contributed by atoms with E-state index in [9.17, 15) is 13.6 Å². The summed E-state index contributed by atoms with van der Waals surface area (Å²) in [6.45, 7) is 0.289. The van der Waals surface area contributed by atoms with Crippen molar-refractivity contribution in [3.05, 3.63) is 88.4 Å². The maximum Gasteiger partial charge on any atom is 0.255 e. The summed E-state index contributed by atoms with van der Waals surface area (Å²) in [7, 11) is 1.50. The third-order valence-electron chi connectivity index (χ3n) is 5.21. The Bertz CT molecular complexity index is 1520. The van der Waals surface area contributed by atoms with Crippen molar-refractivity contribution >= 4 is 34.0 Å². The highest BCUT2D eigenvalue weighted by Crippen LogP contribution is 2.30. The quantitative estimate of drug-likeness (QED) is 0.300. The van der Waals surface area contributed by atoms with Crippen LogP contribution in [0.1, 0.15) is 16.1 Å². The van der Waals surface area contributed by atoms with Crippen molar-refractivity contribution in [3.8, 4) is 22.9 Å². The molecule has 0 spiro atoms. The zero-order chi connectivity index (χ0) is 24.4. The van der Waals surface area contributed by atoms with Gasteiger partial charge in [-0.1, -0.05) is 0 Å². The molecule has 0 radical (unpaired) electrons. The lowest BCUT2D eigenvalue weighted by Crippen LogP contribution is -2.12. The monoisotopic (exact) mass is 492 g/mol. The number of methoxy groups -OCH3 is 1. The Morgan fingerprint density at radius 3 is 2.77 bits per heavy atom. The number of H-pyrrole nitrogens is 1. The highest BCUT2D eigenvalue weighted by atomic mass is 32.1. The van der Waals surface area contributed by atoms with Crippen LogP contribution < -0.4 is 14.8 Å². The van der Waals surface area contributed by atoms with Crippen LogP contribution in [0.25, 0.3) is 22.4 Å². The van der Waals surface area contributed by atoms with Crippen LogP contribution in [0, 0.1) is 11.6 Å². The van der Waals surface area contributed by atoms with Gasteiger partial charge in [0.1, 0.15) is 24.1 Å². The van der Waals surface area contributed by atoms with Crippen molar-refractivity contribution in [1.82, 2.24) is 15.0 Å². The standard InChI is InChI=1S/C25H18F2N4O3S/c1-33-23-8-14(2-7-22(23)34-11-17-12-35-13-28-17)25(32)29-16-4-6-20-21(10-16)31-24(30-20)18-9-15(26)3-5-19(18)27/h2-10,12-13H,11H2,1H3,(H,29,32)(H,30,31).